The van der Waals surface area contributed by atoms with E-state index in [2.05, 4.69) is 15.5 Å². The average molecular weight is 283 g/mol. The van der Waals surface area contributed by atoms with E-state index in [1.807, 2.05) is 42.5 Å². The molecule has 0 bridgehead atoms. The van der Waals surface area contributed by atoms with Crippen molar-refractivity contribution >= 4 is 22.9 Å². The summed E-state index contributed by atoms with van der Waals surface area (Å²) in [7, 11) is 0. The van der Waals surface area contributed by atoms with Gasteiger partial charge in [0.25, 0.3) is 0 Å². The summed E-state index contributed by atoms with van der Waals surface area (Å²) < 4.78 is 5.54. The Morgan fingerprint density at radius 1 is 1.20 bits per heavy atom. The fourth-order valence-electron chi connectivity index (χ4n) is 1.98. The van der Waals surface area contributed by atoms with Crippen LogP contribution in [0.1, 0.15) is 17.7 Å². The zero-order chi connectivity index (χ0) is 13.8. The normalized spacial score (nSPS) is 15.3. The Morgan fingerprint density at radius 3 is 2.90 bits per heavy atom. The molecule has 20 heavy (non-hydrogen) atoms. The highest BCUT2D eigenvalue weighted by Gasteiger charge is 2.17. The van der Waals surface area contributed by atoms with Gasteiger partial charge in [-0.05, 0) is 12.1 Å². The van der Waals surface area contributed by atoms with Crippen LogP contribution >= 0.6 is 12.2 Å². The first kappa shape index (κ1) is 12.7. The van der Waals surface area contributed by atoms with Crippen LogP contribution in [0.25, 0.3) is 0 Å². The Morgan fingerprint density at radius 2 is 2.05 bits per heavy atom. The van der Waals surface area contributed by atoms with Crippen molar-refractivity contribution in [2.45, 2.75) is 6.42 Å². The van der Waals surface area contributed by atoms with Crippen molar-refractivity contribution in [3.05, 3.63) is 59.9 Å². The molecule has 0 radical (unpaired) electrons. The van der Waals surface area contributed by atoms with Crippen LogP contribution in [0.2, 0.25) is 0 Å². The van der Waals surface area contributed by atoms with Crippen molar-refractivity contribution in [1.82, 2.24) is 10.4 Å². The van der Waals surface area contributed by atoms with Crippen molar-refractivity contribution in [2.75, 3.05) is 6.61 Å². The summed E-state index contributed by atoms with van der Waals surface area (Å²) in [4.78, 5) is 4.91. The number of aromatic nitrogens is 1. The molecule has 0 spiro atoms. The first-order valence-corrected chi connectivity index (χ1v) is 6.75. The number of fused-ring (bicyclic) bond motifs is 1. The van der Waals surface area contributed by atoms with Gasteiger partial charge >= 0.3 is 0 Å². The molecule has 1 N–H and O–H groups in total. The SMILES string of the molecule is S=C(N/N=C1/CCOc2cccnc21)c1ccccc1. The van der Waals surface area contributed by atoms with Gasteiger partial charge in [0, 0.05) is 18.2 Å². The van der Waals surface area contributed by atoms with E-state index in [1.54, 1.807) is 6.20 Å². The molecule has 100 valence electrons. The van der Waals surface area contributed by atoms with Gasteiger partial charge in [-0.2, -0.15) is 5.10 Å². The maximum atomic E-state index is 5.54. The van der Waals surface area contributed by atoms with Crippen LogP contribution in [0.5, 0.6) is 5.75 Å². The number of nitrogens with zero attached hydrogens (tertiary/aromatic N) is 2. The van der Waals surface area contributed by atoms with Crippen molar-refractivity contribution in [1.29, 1.82) is 0 Å². The standard InChI is InChI=1S/C15H13N3OS/c20-15(11-5-2-1-3-6-11)18-17-12-8-10-19-13-7-4-9-16-14(12)13/h1-7,9H,8,10H2,(H,18,20)/b17-12-. The highest BCUT2D eigenvalue weighted by atomic mass is 32.1. The van der Waals surface area contributed by atoms with Gasteiger partial charge in [-0.1, -0.05) is 42.5 Å². The number of thiocarbonyl (C=S) groups is 1. The quantitative estimate of drug-likeness (QED) is 0.679. The number of benzene rings is 1. The van der Waals surface area contributed by atoms with E-state index in [1.165, 1.54) is 0 Å². The summed E-state index contributed by atoms with van der Waals surface area (Å²) in [5, 5.41) is 4.38. The Hall–Kier alpha value is -2.27. The molecule has 0 saturated heterocycles. The third-order valence-electron chi connectivity index (χ3n) is 2.97. The largest absolute Gasteiger partial charge is 0.491 e. The van der Waals surface area contributed by atoms with E-state index < -0.39 is 0 Å². The molecule has 2 heterocycles. The van der Waals surface area contributed by atoms with E-state index in [4.69, 9.17) is 17.0 Å². The van der Waals surface area contributed by atoms with Crippen LogP contribution in [0, 0.1) is 0 Å². The zero-order valence-corrected chi connectivity index (χ0v) is 11.6. The van der Waals surface area contributed by atoms with Crippen molar-refractivity contribution in [2.24, 2.45) is 5.10 Å². The predicted molar refractivity (Wildman–Crippen MR) is 82.2 cm³/mol. The van der Waals surface area contributed by atoms with Crippen molar-refractivity contribution in [3.8, 4) is 5.75 Å². The van der Waals surface area contributed by atoms with Crippen LogP contribution in [-0.4, -0.2) is 22.3 Å². The third kappa shape index (κ3) is 2.67. The molecule has 4 nitrogen and oxygen atoms in total. The summed E-state index contributed by atoms with van der Waals surface area (Å²) in [6, 6.07) is 13.5. The molecular formula is C15H13N3OS. The number of hydrogen-bond acceptors (Lipinski definition) is 4. The Balaban J connectivity index is 1.79. The lowest BCUT2D eigenvalue weighted by Gasteiger charge is -2.17. The molecule has 0 saturated carbocycles. The first-order chi connectivity index (χ1) is 9.84. The minimum absolute atomic E-state index is 0.599. The number of nitrogens with one attached hydrogen (secondary N) is 1. The molecule has 0 unspecified atom stereocenters. The number of pyridine rings is 1. The highest BCUT2D eigenvalue weighted by Crippen LogP contribution is 2.21. The second-order valence-corrected chi connectivity index (χ2v) is 4.72. The minimum Gasteiger partial charge on any atom is -0.491 e. The second-order valence-electron chi connectivity index (χ2n) is 4.31. The van der Waals surface area contributed by atoms with E-state index in [-0.39, 0.29) is 0 Å². The highest BCUT2D eigenvalue weighted by molar-refractivity contribution is 7.80. The number of hydrazone groups is 1. The summed E-state index contributed by atoms with van der Waals surface area (Å²) in [5.74, 6) is 0.768. The lowest BCUT2D eigenvalue weighted by molar-refractivity contribution is 0.318. The maximum Gasteiger partial charge on any atom is 0.146 e. The fraction of sp³-hybridized carbons (Fsp3) is 0.133. The summed E-state index contributed by atoms with van der Waals surface area (Å²) in [6.45, 7) is 0.608. The van der Waals surface area contributed by atoms with Crippen LogP contribution < -0.4 is 10.2 Å². The van der Waals surface area contributed by atoms with Gasteiger partial charge in [0.05, 0.1) is 12.3 Å². The van der Waals surface area contributed by atoms with Gasteiger partial charge in [-0.3, -0.25) is 10.4 Å². The summed E-state index contributed by atoms with van der Waals surface area (Å²) >= 11 is 5.32. The Bertz CT molecular complexity index is 655. The van der Waals surface area contributed by atoms with Crippen LogP contribution in [-0.2, 0) is 0 Å². The van der Waals surface area contributed by atoms with E-state index in [0.717, 1.165) is 22.7 Å². The van der Waals surface area contributed by atoms with Gasteiger partial charge < -0.3 is 4.74 Å². The van der Waals surface area contributed by atoms with Gasteiger partial charge in [-0.15, -0.1) is 0 Å². The van der Waals surface area contributed by atoms with Gasteiger partial charge in [0.1, 0.15) is 16.4 Å². The van der Waals surface area contributed by atoms with Crippen LogP contribution in [0.3, 0.4) is 0 Å². The molecule has 5 heteroatoms. The predicted octanol–water partition coefficient (Wildman–Crippen LogP) is 2.53. The number of ether oxygens (including phenoxy) is 1. The molecule has 1 aromatic heterocycles. The van der Waals surface area contributed by atoms with E-state index in [9.17, 15) is 0 Å². The maximum absolute atomic E-state index is 5.54. The van der Waals surface area contributed by atoms with Gasteiger partial charge in [0.15, 0.2) is 0 Å². The number of rotatable bonds is 2. The molecule has 1 aliphatic heterocycles. The monoisotopic (exact) mass is 283 g/mol. The lowest BCUT2D eigenvalue weighted by Crippen LogP contribution is -2.23. The van der Waals surface area contributed by atoms with E-state index in [0.29, 0.717) is 18.0 Å². The average Bonchev–Trinajstić information content (AvgIpc) is 2.53. The summed E-state index contributed by atoms with van der Waals surface area (Å²) in [6.07, 6.45) is 2.45. The number of hydrogen-bond donors (Lipinski definition) is 1. The summed E-state index contributed by atoms with van der Waals surface area (Å²) in [5.41, 5.74) is 5.52. The zero-order valence-electron chi connectivity index (χ0n) is 10.7. The van der Waals surface area contributed by atoms with Crippen molar-refractivity contribution < 1.29 is 4.74 Å². The molecule has 2 aromatic rings. The third-order valence-corrected chi connectivity index (χ3v) is 3.30. The molecule has 3 rings (SSSR count). The Labute approximate surface area is 122 Å². The van der Waals surface area contributed by atoms with E-state index >= 15 is 0 Å². The second kappa shape index (κ2) is 5.79. The van der Waals surface area contributed by atoms with Crippen LogP contribution in [0.15, 0.2) is 53.8 Å². The Kier molecular flexibility index (Phi) is 3.69. The molecular weight excluding hydrogens is 270 g/mol. The van der Waals surface area contributed by atoms with Gasteiger partial charge in [0.2, 0.25) is 0 Å². The van der Waals surface area contributed by atoms with Crippen molar-refractivity contribution in [3.63, 3.8) is 0 Å². The fourth-order valence-corrected chi connectivity index (χ4v) is 2.16. The molecule has 1 aliphatic rings. The molecule has 1 aromatic carbocycles. The minimum atomic E-state index is 0.599. The topological polar surface area (TPSA) is 46.5 Å². The molecule has 0 fully saturated rings. The molecule has 0 aliphatic carbocycles. The van der Waals surface area contributed by atoms with Crippen LogP contribution in [0.4, 0.5) is 0 Å². The molecule has 0 amide bonds. The smallest absolute Gasteiger partial charge is 0.146 e. The first-order valence-electron chi connectivity index (χ1n) is 6.35. The van der Waals surface area contributed by atoms with Gasteiger partial charge in [-0.25, -0.2) is 0 Å². The molecule has 0 atom stereocenters. The lowest BCUT2D eigenvalue weighted by atomic mass is 10.1.